The van der Waals surface area contributed by atoms with Gasteiger partial charge >= 0.3 is 5.97 Å². The first kappa shape index (κ1) is 21.0. The normalized spacial score (nSPS) is 10.6. The molecule has 6 heteroatoms. The number of anilines is 1. The van der Waals surface area contributed by atoms with Crippen molar-refractivity contribution in [3.63, 3.8) is 0 Å². The summed E-state index contributed by atoms with van der Waals surface area (Å²) >= 11 is 3.43. The van der Waals surface area contributed by atoms with E-state index in [9.17, 15) is 9.59 Å². The lowest BCUT2D eigenvalue weighted by molar-refractivity contribution is -0.118. The first-order valence-electron chi connectivity index (χ1n) is 8.87. The largest absolute Gasteiger partial charge is 0.483 e. The van der Waals surface area contributed by atoms with Crippen LogP contribution in [0.5, 0.6) is 5.75 Å². The molecule has 27 heavy (non-hydrogen) atoms. The quantitative estimate of drug-likeness (QED) is 0.604. The molecule has 0 aliphatic carbocycles. The van der Waals surface area contributed by atoms with Crippen LogP contribution in [-0.2, 0) is 16.0 Å². The van der Waals surface area contributed by atoms with Gasteiger partial charge in [-0.05, 0) is 60.4 Å². The molecule has 0 atom stereocenters. The number of carbonyl (C=O) groups excluding carboxylic acids is 2. The third kappa shape index (κ3) is 6.71. The van der Waals surface area contributed by atoms with Crippen molar-refractivity contribution in [3.05, 3.63) is 58.1 Å². The molecule has 0 aromatic heterocycles. The van der Waals surface area contributed by atoms with E-state index in [1.54, 1.807) is 24.3 Å². The molecule has 0 spiro atoms. The van der Waals surface area contributed by atoms with Crippen molar-refractivity contribution in [2.45, 2.75) is 27.2 Å². The predicted octanol–water partition coefficient (Wildman–Crippen LogP) is 4.84. The van der Waals surface area contributed by atoms with Crippen LogP contribution in [-0.4, -0.2) is 25.1 Å². The van der Waals surface area contributed by atoms with Gasteiger partial charge in [-0.2, -0.15) is 0 Å². The fourth-order valence-corrected chi connectivity index (χ4v) is 2.73. The van der Waals surface area contributed by atoms with Gasteiger partial charge in [0.1, 0.15) is 5.75 Å². The lowest BCUT2D eigenvalue weighted by Crippen LogP contribution is -2.20. The van der Waals surface area contributed by atoms with Gasteiger partial charge < -0.3 is 14.8 Å². The number of halogens is 1. The second-order valence-electron chi connectivity index (χ2n) is 6.51. The molecule has 5 nitrogen and oxygen atoms in total. The molecule has 2 aromatic carbocycles. The molecule has 0 heterocycles. The van der Waals surface area contributed by atoms with Crippen molar-refractivity contribution in [3.8, 4) is 5.75 Å². The highest BCUT2D eigenvalue weighted by molar-refractivity contribution is 9.10. The SMILES string of the molecule is CCc1cc(Br)ccc1OCC(=O)Nc1ccc(C(=O)OCC(C)C)cc1. The number of aryl methyl sites for hydroxylation is 1. The summed E-state index contributed by atoms with van der Waals surface area (Å²) in [5, 5.41) is 2.75. The molecule has 0 bridgehead atoms. The number of rotatable bonds is 8. The van der Waals surface area contributed by atoms with Gasteiger partial charge in [0.05, 0.1) is 12.2 Å². The number of esters is 1. The summed E-state index contributed by atoms with van der Waals surface area (Å²) < 4.78 is 11.8. The topological polar surface area (TPSA) is 64.6 Å². The van der Waals surface area contributed by atoms with E-state index in [1.807, 2.05) is 39.0 Å². The lowest BCUT2D eigenvalue weighted by atomic mass is 10.1. The smallest absolute Gasteiger partial charge is 0.338 e. The third-order valence-electron chi connectivity index (χ3n) is 3.71. The number of amides is 1. The fraction of sp³-hybridized carbons (Fsp3) is 0.333. The molecule has 0 aliphatic heterocycles. The van der Waals surface area contributed by atoms with Gasteiger partial charge in [0.15, 0.2) is 6.61 Å². The predicted molar refractivity (Wildman–Crippen MR) is 109 cm³/mol. The van der Waals surface area contributed by atoms with Crippen LogP contribution >= 0.6 is 15.9 Å². The molecule has 2 rings (SSSR count). The van der Waals surface area contributed by atoms with E-state index >= 15 is 0 Å². The molecule has 0 saturated carbocycles. The molecule has 1 N–H and O–H groups in total. The third-order valence-corrected chi connectivity index (χ3v) is 4.21. The molecular formula is C21H24BrNO4. The number of benzene rings is 2. The molecule has 2 aromatic rings. The van der Waals surface area contributed by atoms with Gasteiger partial charge in [-0.25, -0.2) is 4.79 Å². The van der Waals surface area contributed by atoms with E-state index in [0.29, 0.717) is 23.6 Å². The van der Waals surface area contributed by atoms with Crippen molar-refractivity contribution in [1.82, 2.24) is 0 Å². The van der Waals surface area contributed by atoms with Crippen molar-refractivity contribution < 1.29 is 19.1 Å². The van der Waals surface area contributed by atoms with Crippen molar-refractivity contribution in [2.75, 3.05) is 18.5 Å². The van der Waals surface area contributed by atoms with Crippen molar-refractivity contribution in [1.29, 1.82) is 0 Å². The van der Waals surface area contributed by atoms with Crippen LogP contribution in [0.2, 0.25) is 0 Å². The Hall–Kier alpha value is -2.34. The maximum Gasteiger partial charge on any atom is 0.338 e. The minimum absolute atomic E-state index is 0.0905. The Morgan fingerprint density at radius 2 is 1.81 bits per heavy atom. The van der Waals surface area contributed by atoms with Crippen molar-refractivity contribution in [2.24, 2.45) is 5.92 Å². The van der Waals surface area contributed by atoms with Gasteiger partial charge in [-0.3, -0.25) is 4.79 Å². The van der Waals surface area contributed by atoms with E-state index in [4.69, 9.17) is 9.47 Å². The summed E-state index contributed by atoms with van der Waals surface area (Å²) in [5.41, 5.74) is 2.07. The van der Waals surface area contributed by atoms with E-state index in [-0.39, 0.29) is 24.4 Å². The summed E-state index contributed by atoms with van der Waals surface area (Å²) in [4.78, 5) is 24.0. The maximum absolute atomic E-state index is 12.1. The van der Waals surface area contributed by atoms with Crippen LogP contribution in [0.4, 0.5) is 5.69 Å². The zero-order chi connectivity index (χ0) is 19.8. The summed E-state index contributed by atoms with van der Waals surface area (Å²) in [5.74, 6) is 0.341. The highest BCUT2D eigenvalue weighted by Gasteiger charge is 2.10. The average molecular weight is 434 g/mol. The van der Waals surface area contributed by atoms with Gasteiger partial charge in [-0.15, -0.1) is 0 Å². The Balaban J connectivity index is 1.88. The minimum Gasteiger partial charge on any atom is -0.483 e. The number of nitrogens with one attached hydrogen (secondary N) is 1. The number of hydrogen-bond acceptors (Lipinski definition) is 4. The molecule has 0 aliphatic rings. The molecule has 1 amide bonds. The number of hydrogen-bond donors (Lipinski definition) is 1. The van der Waals surface area contributed by atoms with E-state index in [0.717, 1.165) is 16.5 Å². The van der Waals surface area contributed by atoms with Crippen LogP contribution in [0.1, 0.15) is 36.7 Å². The molecule has 144 valence electrons. The average Bonchev–Trinajstić information content (AvgIpc) is 2.65. The standard InChI is InChI=1S/C21H24BrNO4/c1-4-15-11-17(22)7-10-19(15)26-13-20(24)23-18-8-5-16(6-9-18)21(25)27-12-14(2)3/h5-11,14H,4,12-13H2,1-3H3,(H,23,24). The first-order chi connectivity index (χ1) is 12.9. The summed E-state index contributed by atoms with van der Waals surface area (Å²) in [6.07, 6.45) is 0.810. The fourth-order valence-electron chi connectivity index (χ4n) is 2.32. The van der Waals surface area contributed by atoms with Gasteiger partial charge in [0.2, 0.25) is 0 Å². The molecule has 0 fully saturated rings. The Labute approximate surface area is 168 Å². The van der Waals surface area contributed by atoms with Crippen LogP contribution in [0.15, 0.2) is 46.9 Å². The van der Waals surface area contributed by atoms with E-state index in [2.05, 4.69) is 21.2 Å². The van der Waals surface area contributed by atoms with Gasteiger partial charge in [0, 0.05) is 10.2 Å². The van der Waals surface area contributed by atoms with Crippen LogP contribution in [0.25, 0.3) is 0 Å². The monoisotopic (exact) mass is 433 g/mol. The van der Waals surface area contributed by atoms with E-state index in [1.165, 1.54) is 0 Å². The Bertz CT molecular complexity index is 787. The Morgan fingerprint density at radius 1 is 1.11 bits per heavy atom. The molecule has 0 radical (unpaired) electrons. The summed E-state index contributed by atoms with van der Waals surface area (Å²) in [6.45, 7) is 6.27. The Kier molecular flexibility index (Phi) is 7.85. The van der Waals surface area contributed by atoms with Crippen LogP contribution < -0.4 is 10.1 Å². The maximum atomic E-state index is 12.1. The summed E-state index contributed by atoms with van der Waals surface area (Å²) in [6, 6.07) is 12.3. The number of ether oxygens (including phenoxy) is 2. The highest BCUT2D eigenvalue weighted by Crippen LogP contribution is 2.23. The minimum atomic E-state index is -0.368. The number of carbonyl (C=O) groups is 2. The second kappa shape index (κ2) is 10.1. The van der Waals surface area contributed by atoms with Gasteiger partial charge in [-0.1, -0.05) is 36.7 Å². The van der Waals surface area contributed by atoms with Crippen LogP contribution in [0, 0.1) is 5.92 Å². The van der Waals surface area contributed by atoms with Crippen LogP contribution in [0.3, 0.4) is 0 Å². The van der Waals surface area contributed by atoms with Gasteiger partial charge in [0.25, 0.3) is 5.91 Å². The summed E-state index contributed by atoms with van der Waals surface area (Å²) in [7, 11) is 0. The second-order valence-corrected chi connectivity index (χ2v) is 7.43. The van der Waals surface area contributed by atoms with E-state index < -0.39 is 0 Å². The molecule has 0 unspecified atom stereocenters. The zero-order valence-electron chi connectivity index (χ0n) is 15.8. The lowest BCUT2D eigenvalue weighted by Gasteiger charge is -2.11. The zero-order valence-corrected chi connectivity index (χ0v) is 17.3. The highest BCUT2D eigenvalue weighted by atomic mass is 79.9. The molecular weight excluding hydrogens is 410 g/mol. The van der Waals surface area contributed by atoms with Crippen molar-refractivity contribution >= 4 is 33.5 Å². The first-order valence-corrected chi connectivity index (χ1v) is 9.66. The Morgan fingerprint density at radius 3 is 2.44 bits per heavy atom. The molecule has 0 saturated heterocycles.